The molecule has 2 heterocycles. The molecule has 2 aliphatic rings. The Morgan fingerprint density at radius 1 is 0.983 bits per heavy atom. The van der Waals surface area contributed by atoms with Crippen molar-refractivity contribution < 1.29 is 32.5 Å². The van der Waals surface area contributed by atoms with Gasteiger partial charge in [0, 0.05) is 13.5 Å². The molecule has 7 nitrogen and oxygen atoms in total. The van der Waals surface area contributed by atoms with E-state index in [1.54, 1.807) is 14.2 Å². The van der Waals surface area contributed by atoms with E-state index in [9.17, 15) is 0 Å². The van der Waals surface area contributed by atoms with Gasteiger partial charge in [-0.1, -0.05) is 114 Å². The van der Waals surface area contributed by atoms with Crippen LogP contribution in [0.1, 0.15) is 99.0 Å². The van der Waals surface area contributed by atoms with Gasteiger partial charge in [0.25, 0.3) is 0 Å². The van der Waals surface area contributed by atoms with Gasteiger partial charge in [-0.05, 0) is 99.4 Å². The van der Waals surface area contributed by atoms with Crippen LogP contribution in [-0.4, -0.2) is 80.2 Å². The van der Waals surface area contributed by atoms with Crippen LogP contribution < -0.4 is 4.74 Å². The number of ether oxygens (including phenoxy) is 5. The first kappa shape index (κ1) is 49.8. The number of hydrogen-bond donors (Lipinski definition) is 0. The summed E-state index contributed by atoms with van der Waals surface area (Å²) in [6.07, 6.45) is 25.5. The van der Waals surface area contributed by atoms with Crippen LogP contribution in [0.25, 0.3) is 0 Å². The Balaban J connectivity index is 1.88. The lowest BCUT2D eigenvalue weighted by molar-refractivity contribution is -0.0721. The Morgan fingerprint density at radius 2 is 1.66 bits per heavy atom. The van der Waals surface area contributed by atoms with E-state index in [-0.39, 0.29) is 52.8 Å². The average molecular weight is 835 g/mol. The van der Waals surface area contributed by atoms with Crippen LogP contribution in [0.4, 0.5) is 0 Å². The van der Waals surface area contributed by atoms with E-state index in [4.69, 9.17) is 39.0 Å². The topological polar surface area (TPSA) is 64.6 Å². The Hall–Kier alpha value is -2.53. The van der Waals surface area contributed by atoms with Gasteiger partial charge in [0.1, 0.15) is 11.9 Å². The fourth-order valence-electron chi connectivity index (χ4n) is 6.52. The summed E-state index contributed by atoms with van der Waals surface area (Å²) in [5.74, 6) is 3.55. The highest BCUT2D eigenvalue weighted by atomic mass is 28.4. The molecule has 0 fully saturated rings. The van der Waals surface area contributed by atoms with Crippen LogP contribution in [0.5, 0.6) is 5.75 Å². The normalized spacial score (nSPS) is 22.4. The number of terminal acetylenes is 1. The minimum atomic E-state index is -2.21. The largest absolute Gasteiger partial charge is 0.497 e. The molecule has 2 aliphatic heterocycles. The van der Waals surface area contributed by atoms with Crippen LogP contribution in [0, 0.1) is 12.3 Å². The summed E-state index contributed by atoms with van der Waals surface area (Å²) in [4.78, 5) is 0. The molecule has 1 unspecified atom stereocenters. The smallest absolute Gasteiger partial charge is 0.193 e. The lowest BCUT2D eigenvalue weighted by Crippen LogP contribution is -2.47. The summed E-state index contributed by atoms with van der Waals surface area (Å²) in [6.45, 7) is 30.8. The zero-order chi connectivity index (χ0) is 43.1. The van der Waals surface area contributed by atoms with E-state index < -0.39 is 16.6 Å². The summed E-state index contributed by atoms with van der Waals surface area (Å²) in [6, 6.07) is 8.09. The summed E-state index contributed by atoms with van der Waals surface area (Å²) in [5, 5.41) is 0.0776. The molecule has 0 amide bonds. The molecular formula is C49H78O7Si2. The van der Waals surface area contributed by atoms with Crippen molar-refractivity contribution in [3.8, 4) is 18.1 Å². The van der Waals surface area contributed by atoms with Gasteiger partial charge in [-0.2, -0.15) is 0 Å². The molecule has 0 aliphatic carbocycles. The summed E-state index contributed by atoms with van der Waals surface area (Å²) in [7, 11) is -0.914. The minimum Gasteiger partial charge on any atom is -0.497 e. The molecule has 0 saturated heterocycles. The number of methoxy groups -OCH3 is 2. The van der Waals surface area contributed by atoms with Gasteiger partial charge >= 0.3 is 0 Å². The van der Waals surface area contributed by atoms with E-state index >= 15 is 0 Å². The maximum absolute atomic E-state index is 7.22. The first-order valence-corrected chi connectivity index (χ1v) is 27.2. The van der Waals surface area contributed by atoms with E-state index in [0.717, 1.165) is 43.4 Å². The zero-order valence-corrected chi connectivity index (χ0v) is 40.4. The molecule has 0 saturated carbocycles. The maximum Gasteiger partial charge on any atom is 0.193 e. The second-order valence-electron chi connectivity index (χ2n) is 19.2. The molecule has 0 N–H and O–H groups in total. The number of benzene rings is 1. The highest BCUT2D eigenvalue weighted by molar-refractivity contribution is 6.74. The highest BCUT2D eigenvalue weighted by Crippen LogP contribution is 2.40. The Labute approximate surface area is 355 Å². The highest BCUT2D eigenvalue weighted by Gasteiger charge is 2.41. The minimum absolute atomic E-state index is 0.00702. The van der Waals surface area contributed by atoms with Gasteiger partial charge in [-0.15, -0.1) is 12.3 Å². The molecule has 324 valence electrons. The molecule has 58 heavy (non-hydrogen) atoms. The van der Waals surface area contributed by atoms with Crippen molar-refractivity contribution in [2.24, 2.45) is 0 Å². The molecule has 1 aromatic rings. The van der Waals surface area contributed by atoms with Crippen LogP contribution in [0.3, 0.4) is 0 Å². The third-order valence-corrected chi connectivity index (χ3v) is 21.3. The predicted octanol–water partition coefficient (Wildman–Crippen LogP) is 12.1. The van der Waals surface area contributed by atoms with Crippen molar-refractivity contribution in [2.45, 2.75) is 179 Å². The Kier molecular flexibility index (Phi) is 19.7. The van der Waals surface area contributed by atoms with E-state index in [1.807, 2.05) is 18.2 Å². The van der Waals surface area contributed by atoms with Crippen molar-refractivity contribution in [3.05, 3.63) is 90.1 Å². The van der Waals surface area contributed by atoms with Crippen LogP contribution >= 0.6 is 0 Å². The lowest BCUT2D eigenvalue weighted by Gasteiger charge is -2.40. The van der Waals surface area contributed by atoms with Crippen molar-refractivity contribution >= 4 is 16.6 Å². The molecule has 9 heteroatoms. The van der Waals surface area contributed by atoms with Crippen LogP contribution in [0.15, 0.2) is 84.5 Å². The second-order valence-corrected chi connectivity index (χ2v) is 28.7. The van der Waals surface area contributed by atoms with Crippen molar-refractivity contribution in [3.63, 3.8) is 0 Å². The molecule has 0 radical (unpaired) electrons. The second kappa shape index (κ2) is 22.9. The molecule has 1 aromatic carbocycles. The van der Waals surface area contributed by atoms with Crippen molar-refractivity contribution in [1.29, 1.82) is 0 Å². The van der Waals surface area contributed by atoms with Gasteiger partial charge < -0.3 is 32.5 Å². The number of hydrogen-bond acceptors (Lipinski definition) is 7. The van der Waals surface area contributed by atoms with Gasteiger partial charge in [0.15, 0.2) is 16.6 Å². The monoisotopic (exact) mass is 835 g/mol. The number of rotatable bonds is 22. The summed E-state index contributed by atoms with van der Waals surface area (Å²) in [5.41, 5.74) is 3.59. The zero-order valence-electron chi connectivity index (χ0n) is 38.4. The van der Waals surface area contributed by atoms with Crippen molar-refractivity contribution in [2.75, 3.05) is 20.8 Å². The first-order chi connectivity index (χ1) is 27.2. The van der Waals surface area contributed by atoms with Crippen LogP contribution in [-0.2, 0) is 34.4 Å². The van der Waals surface area contributed by atoms with E-state index in [1.165, 1.54) is 11.1 Å². The molecule has 0 spiro atoms. The quantitative estimate of drug-likeness (QED) is 0.0655. The van der Waals surface area contributed by atoms with E-state index in [2.05, 4.69) is 136 Å². The third-order valence-electron chi connectivity index (χ3n) is 12.3. The van der Waals surface area contributed by atoms with Crippen LogP contribution in [0.2, 0.25) is 36.3 Å². The Morgan fingerprint density at radius 3 is 2.26 bits per heavy atom. The SMILES string of the molecule is C#CC[C@@H]1C=C[C@H](OC)[C@@H](CCCC(=C)CC(/C=C/C[C@H](OCc2ccc(OC)cc2)[C@@H](/C=C/[C@@H]2CC(C)=CCO2)O[Si](C)(C)C(C)(C)C)O[Si](C)(C)C(C)(C)C)O1. The molecule has 0 aromatic heterocycles. The standard InChI is InChI=1S/C49H78O7Si2/c1-16-19-41-28-30-44(51-11)46(54-41)23-17-20-37(2)35-43(55-57(12,13)48(4,5)6)21-18-22-45(53-36-39-24-26-40(50-10)27-25-39)47(56-58(14,15)49(7,8)9)31-29-42-34-38(3)32-33-52-42/h1,18,21,24-32,41-47H,2,17,19-20,22-23,33-36H2,3-15H3/b21-18+,31-29+/t41-,42-,43?,44+,45+,46-,47-/m1/s1. The lowest BCUT2D eigenvalue weighted by atomic mass is 9.98. The molecule has 0 bridgehead atoms. The van der Waals surface area contributed by atoms with Gasteiger partial charge in [0.2, 0.25) is 0 Å². The Bertz CT molecular complexity index is 1570. The average Bonchev–Trinajstić information content (AvgIpc) is 3.14. The molecular weight excluding hydrogens is 757 g/mol. The van der Waals surface area contributed by atoms with Gasteiger partial charge in [-0.25, -0.2) is 0 Å². The fraction of sp³-hybridized carbons (Fsp3) is 0.633. The predicted molar refractivity (Wildman–Crippen MR) is 246 cm³/mol. The molecule has 3 rings (SSSR count). The first-order valence-electron chi connectivity index (χ1n) is 21.4. The van der Waals surface area contributed by atoms with Gasteiger partial charge in [-0.3, -0.25) is 0 Å². The maximum atomic E-state index is 7.22. The van der Waals surface area contributed by atoms with Crippen molar-refractivity contribution in [1.82, 2.24) is 0 Å². The third kappa shape index (κ3) is 16.2. The fourth-order valence-corrected chi connectivity index (χ4v) is 9.05. The van der Waals surface area contributed by atoms with E-state index in [0.29, 0.717) is 26.1 Å². The molecule has 7 atom stereocenters. The van der Waals surface area contributed by atoms with Gasteiger partial charge in [0.05, 0.1) is 56.9 Å². The summed E-state index contributed by atoms with van der Waals surface area (Å²) >= 11 is 0. The summed E-state index contributed by atoms with van der Waals surface area (Å²) < 4.78 is 44.8.